The second-order valence-corrected chi connectivity index (χ2v) is 5.51. The highest BCUT2D eigenvalue weighted by Crippen LogP contribution is 2.18. The van der Waals surface area contributed by atoms with E-state index in [0.29, 0.717) is 6.61 Å². The highest BCUT2D eigenvalue weighted by molar-refractivity contribution is 9.10. The zero-order chi connectivity index (χ0) is 11.9. The Morgan fingerprint density at radius 1 is 1.24 bits per heavy atom. The van der Waals surface area contributed by atoms with Gasteiger partial charge in [0.25, 0.3) is 0 Å². The maximum Gasteiger partial charge on any atom is 0.0727 e. The first-order chi connectivity index (χ1) is 8.36. The van der Waals surface area contributed by atoms with Crippen molar-refractivity contribution in [2.24, 2.45) is 5.92 Å². The third-order valence-corrected chi connectivity index (χ3v) is 4.04. The molecule has 1 aromatic rings. The molecule has 1 fully saturated rings. The van der Waals surface area contributed by atoms with E-state index in [4.69, 9.17) is 4.74 Å². The van der Waals surface area contributed by atoms with Crippen LogP contribution in [0.15, 0.2) is 28.7 Å². The predicted octanol–water partition coefficient (Wildman–Crippen LogP) is 3.36. The highest BCUT2D eigenvalue weighted by atomic mass is 79.9. The number of nitrogens with one attached hydrogen (secondary N) is 1. The van der Waals surface area contributed by atoms with Crippen molar-refractivity contribution >= 4 is 15.9 Å². The minimum atomic E-state index is 0.714. The minimum absolute atomic E-state index is 0.714. The van der Waals surface area contributed by atoms with Gasteiger partial charge < -0.3 is 10.1 Å². The third-order valence-electron chi connectivity index (χ3n) is 3.26. The molecule has 94 valence electrons. The van der Waals surface area contributed by atoms with E-state index in [2.05, 4.69) is 39.4 Å². The molecular weight excluding hydrogens is 278 g/mol. The lowest BCUT2D eigenvalue weighted by atomic mass is 10.0. The molecule has 0 amide bonds. The lowest BCUT2D eigenvalue weighted by Crippen LogP contribution is -2.15. The van der Waals surface area contributed by atoms with E-state index in [1.165, 1.54) is 31.4 Å². The van der Waals surface area contributed by atoms with E-state index in [0.717, 1.165) is 23.5 Å². The molecular formula is C14H20BrNO. The molecule has 1 saturated heterocycles. The molecule has 0 bridgehead atoms. The molecule has 2 rings (SSSR count). The summed E-state index contributed by atoms with van der Waals surface area (Å²) >= 11 is 3.54. The molecule has 1 atom stereocenters. The number of ether oxygens (including phenoxy) is 1. The molecule has 1 N–H and O–H groups in total. The van der Waals surface area contributed by atoms with Gasteiger partial charge >= 0.3 is 0 Å². The molecule has 1 heterocycles. The first-order valence-corrected chi connectivity index (χ1v) is 7.17. The minimum Gasteiger partial charge on any atom is -0.376 e. The monoisotopic (exact) mass is 297 g/mol. The lowest BCUT2D eigenvalue weighted by molar-refractivity contribution is 0.0826. The summed E-state index contributed by atoms with van der Waals surface area (Å²) in [5.41, 5.74) is 1.24. The molecule has 1 aromatic carbocycles. The Hall–Kier alpha value is -0.380. The summed E-state index contributed by atoms with van der Waals surface area (Å²) in [7, 11) is 0. The first kappa shape index (κ1) is 13.1. The van der Waals surface area contributed by atoms with Crippen molar-refractivity contribution < 1.29 is 4.74 Å². The second-order valence-electron chi connectivity index (χ2n) is 4.65. The Balaban J connectivity index is 1.73. The van der Waals surface area contributed by atoms with E-state index in [9.17, 15) is 0 Å². The highest BCUT2D eigenvalue weighted by Gasteiger charge is 2.12. The van der Waals surface area contributed by atoms with Gasteiger partial charge in [0.2, 0.25) is 0 Å². The van der Waals surface area contributed by atoms with Crippen LogP contribution in [0.1, 0.15) is 24.8 Å². The standard InChI is InChI=1S/C14H20BrNO/c15-14-6-2-1-5-13(14)11-17-10-12-4-3-8-16-9-7-12/h1-2,5-6,12,16H,3-4,7-11H2. The Labute approximate surface area is 112 Å². The molecule has 1 aliphatic rings. The SMILES string of the molecule is Brc1ccccc1COCC1CCCNCC1. The van der Waals surface area contributed by atoms with Crippen LogP contribution in [-0.4, -0.2) is 19.7 Å². The fraction of sp³-hybridized carbons (Fsp3) is 0.571. The molecule has 0 aliphatic carbocycles. The van der Waals surface area contributed by atoms with Crippen molar-refractivity contribution in [1.82, 2.24) is 5.32 Å². The average molecular weight is 298 g/mol. The zero-order valence-electron chi connectivity index (χ0n) is 10.1. The molecule has 17 heavy (non-hydrogen) atoms. The van der Waals surface area contributed by atoms with Crippen molar-refractivity contribution in [3.8, 4) is 0 Å². The maximum atomic E-state index is 5.84. The van der Waals surface area contributed by atoms with Crippen molar-refractivity contribution in [2.75, 3.05) is 19.7 Å². The topological polar surface area (TPSA) is 21.3 Å². The van der Waals surface area contributed by atoms with Crippen LogP contribution < -0.4 is 5.32 Å². The van der Waals surface area contributed by atoms with Crippen molar-refractivity contribution in [3.05, 3.63) is 34.3 Å². The summed E-state index contributed by atoms with van der Waals surface area (Å²) in [6.07, 6.45) is 3.82. The fourth-order valence-electron chi connectivity index (χ4n) is 2.21. The summed E-state index contributed by atoms with van der Waals surface area (Å²) < 4.78 is 6.98. The lowest BCUT2D eigenvalue weighted by Gasteiger charge is -2.14. The number of halogens is 1. The van der Waals surface area contributed by atoms with Gasteiger partial charge in [-0.2, -0.15) is 0 Å². The van der Waals surface area contributed by atoms with Crippen LogP contribution in [0, 0.1) is 5.92 Å². The van der Waals surface area contributed by atoms with Gasteiger partial charge in [0.1, 0.15) is 0 Å². The van der Waals surface area contributed by atoms with Crippen LogP contribution in [0.3, 0.4) is 0 Å². The number of rotatable bonds is 4. The van der Waals surface area contributed by atoms with Gasteiger partial charge in [0.15, 0.2) is 0 Å². The Morgan fingerprint density at radius 2 is 2.12 bits per heavy atom. The molecule has 0 spiro atoms. The van der Waals surface area contributed by atoms with Crippen LogP contribution in [-0.2, 0) is 11.3 Å². The van der Waals surface area contributed by atoms with Crippen LogP contribution in [0.4, 0.5) is 0 Å². The van der Waals surface area contributed by atoms with E-state index in [-0.39, 0.29) is 0 Å². The molecule has 1 aliphatic heterocycles. The summed E-state index contributed by atoms with van der Waals surface area (Å²) in [4.78, 5) is 0. The van der Waals surface area contributed by atoms with Crippen LogP contribution in [0.5, 0.6) is 0 Å². The molecule has 2 nitrogen and oxygen atoms in total. The normalized spacial score (nSPS) is 21.1. The van der Waals surface area contributed by atoms with Gasteiger partial charge in [-0.05, 0) is 49.9 Å². The van der Waals surface area contributed by atoms with Crippen LogP contribution in [0.25, 0.3) is 0 Å². The van der Waals surface area contributed by atoms with Gasteiger partial charge in [0, 0.05) is 11.1 Å². The Kier molecular flexibility index (Phi) is 5.49. The average Bonchev–Trinajstić information content (AvgIpc) is 2.60. The molecule has 1 unspecified atom stereocenters. The first-order valence-electron chi connectivity index (χ1n) is 6.38. The third kappa shape index (κ3) is 4.41. The van der Waals surface area contributed by atoms with Crippen LogP contribution in [0.2, 0.25) is 0 Å². The second kappa shape index (κ2) is 7.14. The van der Waals surface area contributed by atoms with Gasteiger partial charge in [-0.3, -0.25) is 0 Å². The van der Waals surface area contributed by atoms with Crippen molar-refractivity contribution in [2.45, 2.75) is 25.9 Å². The summed E-state index contributed by atoms with van der Waals surface area (Å²) in [6.45, 7) is 3.91. The van der Waals surface area contributed by atoms with Gasteiger partial charge in [0.05, 0.1) is 6.61 Å². The molecule has 0 aromatic heterocycles. The summed E-state index contributed by atoms with van der Waals surface area (Å²) in [5, 5.41) is 3.43. The molecule has 0 radical (unpaired) electrons. The Morgan fingerprint density at radius 3 is 3.00 bits per heavy atom. The Bertz CT molecular complexity index is 335. The van der Waals surface area contributed by atoms with Gasteiger partial charge in [-0.15, -0.1) is 0 Å². The summed E-state index contributed by atoms with van der Waals surface area (Å²) in [5.74, 6) is 0.729. The van der Waals surface area contributed by atoms with E-state index in [1.807, 2.05) is 6.07 Å². The van der Waals surface area contributed by atoms with E-state index in [1.54, 1.807) is 0 Å². The smallest absolute Gasteiger partial charge is 0.0727 e. The van der Waals surface area contributed by atoms with Gasteiger partial charge in [-0.1, -0.05) is 34.1 Å². The number of hydrogen-bond donors (Lipinski definition) is 1. The maximum absolute atomic E-state index is 5.84. The van der Waals surface area contributed by atoms with Crippen molar-refractivity contribution in [1.29, 1.82) is 0 Å². The number of benzene rings is 1. The quantitative estimate of drug-likeness (QED) is 0.920. The van der Waals surface area contributed by atoms with E-state index < -0.39 is 0 Å². The predicted molar refractivity (Wildman–Crippen MR) is 74.0 cm³/mol. The van der Waals surface area contributed by atoms with Gasteiger partial charge in [-0.25, -0.2) is 0 Å². The van der Waals surface area contributed by atoms with Crippen molar-refractivity contribution in [3.63, 3.8) is 0 Å². The largest absolute Gasteiger partial charge is 0.376 e. The zero-order valence-corrected chi connectivity index (χ0v) is 11.7. The summed E-state index contributed by atoms with van der Waals surface area (Å²) in [6, 6.07) is 8.26. The molecule has 3 heteroatoms. The fourth-order valence-corrected chi connectivity index (χ4v) is 2.61. The van der Waals surface area contributed by atoms with E-state index >= 15 is 0 Å². The molecule has 0 saturated carbocycles. The van der Waals surface area contributed by atoms with Crippen LogP contribution >= 0.6 is 15.9 Å². The number of hydrogen-bond acceptors (Lipinski definition) is 2.